The van der Waals surface area contributed by atoms with Gasteiger partial charge in [0.25, 0.3) is 0 Å². The number of benzene rings is 3. The summed E-state index contributed by atoms with van der Waals surface area (Å²) in [4.78, 5) is 12.8. The number of carbonyl (C=O) groups is 1. The van der Waals surface area contributed by atoms with Crippen molar-refractivity contribution < 1.29 is 18.7 Å². The van der Waals surface area contributed by atoms with E-state index in [0.29, 0.717) is 11.5 Å². The topological polar surface area (TPSA) is 35.5 Å². The van der Waals surface area contributed by atoms with Crippen LogP contribution in [0.25, 0.3) is 6.08 Å². The van der Waals surface area contributed by atoms with Gasteiger partial charge in [-0.15, -0.1) is 0 Å². The molecule has 1 aliphatic rings. The molecule has 29 heavy (non-hydrogen) atoms. The highest BCUT2D eigenvalue weighted by atomic mass is 19.1. The Morgan fingerprint density at radius 1 is 1.00 bits per heavy atom. The average molecular weight is 388 g/mol. The van der Waals surface area contributed by atoms with E-state index in [0.717, 1.165) is 40.7 Å². The molecule has 0 atom stereocenters. The van der Waals surface area contributed by atoms with Gasteiger partial charge in [-0.25, -0.2) is 4.39 Å². The Kier molecular flexibility index (Phi) is 5.43. The second kappa shape index (κ2) is 8.31. The van der Waals surface area contributed by atoms with E-state index in [-0.39, 0.29) is 18.2 Å². The molecule has 0 unspecified atom stereocenters. The van der Waals surface area contributed by atoms with Crippen LogP contribution in [0.3, 0.4) is 0 Å². The monoisotopic (exact) mass is 388 g/mol. The summed E-state index contributed by atoms with van der Waals surface area (Å²) < 4.78 is 24.3. The van der Waals surface area contributed by atoms with Gasteiger partial charge >= 0.3 is 0 Å². The number of hydrogen-bond acceptors (Lipinski definition) is 3. The number of halogens is 1. The fourth-order valence-electron chi connectivity index (χ4n) is 3.55. The quantitative estimate of drug-likeness (QED) is 0.532. The van der Waals surface area contributed by atoms with Crippen molar-refractivity contribution in [3.05, 3.63) is 100 Å². The maximum Gasteiger partial charge on any atom is 0.189 e. The molecule has 0 amide bonds. The van der Waals surface area contributed by atoms with Crippen molar-refractivity contribution in [2.75, 3.05) is 7.11 Å². The number of aryl methyl sites for hydroxylation is 1. The van der Waals surface area contributed by atoms with Gasteiger partial charge in [-0.2, -0.15) is 0 Å². The number of ketones is 1. The summed E-state index contributed by atoms with van der Waals surface area (Å²) in [6, 6.07) is 19.4. The van der Waals surface area contributed by atoms with Crippen molar-refractivity contribution in [3.63, 3.8) is 0 Å². The third-order valence-electron chi connectivity index (χ3n) is 5.07. The molecule has 0 N–H and O–H groups in total. The average Bonchev–Trinajstić information content (AvgIpc) is 2.75. The Bertz CT molecular complexity index is 1070. The molecule has 0 aliphatic heterocycles. The summed E-state index contributed by atoms with van der Waals surface area (Å²) in [6.45, 7) is 0.280. The molecular formula is C25H21FO3. The first-order valence-corrected chi connectivity index (χ1v) is 9.52. The molecule has 0 radical (unpaired) electrons. The number of fused-ring (bicyclic) bond motifs is 1. The zero-order valence-corrected chi connectivity index (χ0v) is 16.2. The SMILES string of the molecule is COc1ccc(/C=C2\CCc3ccccc3C2=O)cc1COc1ccc(F)cc1. The lowest BCUT2D eigenvalue weighted by molar-refractivity contribution is 0.102. The molecular weight excluding hydrogens is 367 g/mol. The summed E-state index contributed by atoms with van der Waals surface area (Å²) in [5.74, 6) is 1.07. The van der Waals surface area contributed by atoms with E-state index < -0.39 is 0 Å². The number of carbonyl (C=O) groups excluding carboxylic acids is 1. The zero-order valence-electron chi connectivity index (χ0n) is 16.2. The van der Waals surface area contributed by atoms with Crippen molar-refractivity contribution in [2.24, 2.45) is 0 Å². The predicted molar refractivity (Wildman–Crippen MR) is 111 cm³/mol. The van der Waals surface area contributed by atoms with Crippen LogP contribution in [0.1, 0.15) is 33.5 Å². The zero-order chi connectivity index (χ0) is 20.2. The van der Waals surface area contributed by atoms with Gasteiger partial charge in [0.15, 0.2) is 5.78 Å². The minimum atomic E-state index is -0.303. The highest BCUT2D eigenvalue weighted by Gasteiger charge is 2.21. The normalized spacial score (nSPS) is 14.6. The number of ether oxygens (including phenoxy) is 2. The first-order valence-electron chi connectivity index (χ1n) is 9.52. The molecule has 3 aromatic rings. The van der Waals surface area contributed by atoms with Crippen LogP contribution < -0.4 is 9.47 Å². The minimum Gasteiger partial charge on any atom is -0.496 e. The lowest BCUT2D eigenvalue weighted by atomic mass is 9.86. The summed E-state index contributed by atoms with van der Waals surface area (Å²) in [7, 11) is 1.61. The predicted octanol–water partition coefficient (Wildman–Crippen LogP) is 5.63. The van der Waals surface area contributed by atoms with Crippen LogP contribution in [0.5, 0.6) is 11.5 Å². The molecule has 1 aliphatic carbocycles. The maximum absolute atomic E-state index is 13.1. The fraction of sp³-hybridized carbons (Fsp3) is 0.160. The van der Waals surface area contributed by atoms with Crippen molar-refractivity contribution in [3.8, 4) is 11.5 Å². The van der Waals surface area contributed by atoms with Crippen LogP contribution >= 0.6 is 0 Å². The molecule has 4 rings (SSSR count). The Morgan fingerprint density at radius 3 is 2.59 bits per heavy atom. The highest BCUT2D eigenvalue weighted by Crippen LogP contribution is 2.28. The molecule has 4 heteroatoms. The molecule has 0 fully saturated rings. The lowest BCUT2D eigenvalue weighted by Crippen LogP contribution is -2.13. The number of hydrogen-bond donors (Lipinski definition) is 0. The molecule has 0 spiro atoms. The fourth-order valence-corrected chi connectivity index (χ4v) is 3.55. The van der Waals surface area contributed by atoms with E-state index in [9.17, 15) is 9.18 Å². The molecule has 3 aromatic carbocycles. The molecule has 3 nitrogen and oxygen atoms in total. The van der Waals surface area contributed by atoms with Crippen LogP contribution in [0.2, 0.25) is 0 Å². The van der Waals surface area contributed by atoms with Crippen molar-refractivity contribution in [1.82, 2.24) is 0 Å². The molecule has 0 heterocycles. The second-order valence-corrected chi connectivity index (χ2v) is 6.97. The number of allylic oxidation sites excluding steroid dienone is 1. The number of rotatable bonds is 5. The van der Waals surface area contributed by atoms with Crippen LogP contribution in [-0.2, 0) is 13.0 Å². The van der Waals surface area contributed by atoms with E-state index >= 15 is 0 Å². The van der Waals surface area contributed by atoms with E-state index in [2.05, 4.69) is 0 Å². The summed E-state index contributed by atoms with van der Waals surface area (Å²) >= 11 is 0. The van der Waals surface area contributed by atoms with Crippen molar-refractivity contribution in [1.29, 1.82) is 0 Å². The molecule has 146 valence electrons. The summed E-state index contributed by atoms with van der Waals surface area (Å²) in [5, 5.41) is 0. The smallest absolute Gasteiger partial charge is 0.189 e. The van der Waals surface area contributed by atoms with E-state index in [1.165, 1.54) is 12.1 Å². The van der Waals surface area contributed by atoms with Gasteiger partial charge in [0, 0.05) is 16.7 Å². The van der Waals surface area contributed by atoms with Crippen molar-refractivity contribution in [2.45, 2.75) is 19.4 Å². The largest absolute Gasteiger partial charge is 0.496 e. The van der Waals surface area contributed by atoms with Gasteiger partial charge < -0.3 is 9.47 Å². The minimum absolute atomic E-state index is 0.0896. The van der Waals surface area contributed by atoms with Crippen LogP contribution in [0.4, 0.5) is 4.39 Å². The Hall–Kier alpha value is -3.40. The summed E-state index contributed by atoms with van der Waals surface area (Å²) in [6.07, 6.45) is 3.53. The van der Waals surface area contributed by atoms with E-state index in [4.69, 9.17) is 9.47 Å². The molecule has 0 aromatic heterocycles. The van der Waals surface area contributed by atoms with Crippen molar-refractivity contribution >= 4 is 11.9 Å². The second-order valence-electron chi connectivity index (χ2n) is 6.97. The van der Waals surface area contributed by atoms with E-state index in [1.54, 1.807) is 19.2 Å². The van der Waals surface area contributed by atoms with Gasteiger partial charge in [-0.05, 0) is 66.4 Å². The Morgan fingerprint density at radius 2 is 1.79 bits per heavy atom. The van der Waals surface area contributed by atoms with Gasteiger partial charge in [-0.3, -0.25) is 4.79 Å². The van der Waals surface area contributed by atoms with Gasteiger partial charge in [0.05, 0.1) is 7.11 Å². The third kappa shape index (κ3) is 4.21. The standard InChI is InChI=1S/C25H21FO3/c1-28-24-13-6-17(15-20(24)16-29-22-11-9-21(26)10-12-22)14-19-8-7-18-4-2-3-5-23(18)25(19)27/h2-6,9-15H,7-8,16H2,1H3/b19-14+. The van der Waals surface area contributed by atoms with Crippen LogP contribution in [0.15, 0.2) is 72.3 Å². The molecule has 0 saturated heterocycles. The number of methoxy groups -OCH3 is 1. The van der Waals surface area contributed by atoms with Gasteiger partial charge in [0.1, 0.15) is 23.9 Å². The van der Waals surface area contributed by atoms with E-state index in [1.807, 2.05) is 48.5 Å². The first kappa shape index (κ1) is 18.9. The Labute approximate surface area is 169 Å². The highest BCUT2D eigenvalue weighted by molar-refractivity contribution is 6.13. The lowest BCUT2D eigenvalue weighted by Gasteiger charge is -2.17. The molecule has 0 saturated carbocycles. The first-order chi connectivity index (χ1) is 14.1. The third-order valence-corrected chi connectivity index (χ3v) is 5.07. The van der Waals surface area contributed by atoms with Crippen LogP contribution in [-0.4, -0.2) is 12.9 Å². The van der Waals surface area contributed by atoms with Crippen LogP contribution in [0, 0.1) is 5.82 Å². The Balaban J connectivity index is 1.57. The summed E-state index contributed by atoms with van der Waals surface area (Å²) in [5.41, 5.74) is 4.48. The maximum atomic E-state index is 13.1. The molecule has 0 bridgehead atoms. The van der Waals surface area contributed by atoms with Gasteiger partial charge in [-0.1, -0.05) is 30.3 Å². The van der Waals surface area contributed by atoms with Gasteiger partial charge in [0.2, 0.25) is 0 Å². The number of Topliss-reactive ketones (excluding diaryl/α,β-unsaturated/α-hetero) is 1.